The number of aromatic nitrogens is 1. The number of pyridine rings is 1. The number of carbonyl (C=O) groups excluding carboxylic acids is 1. The number of amides is 1. The first-order valence-corrected chi connectivity index (χ1v) is 10.1. The molecular formula is C15H20ClN3O2S2. The maximum absolute atomic E-state index is 12.6. The fourth-order valence-electron chi connectivity index (χ4n) is 2.21. The van der Waals surface area contributed by atoms with Crippen LogP contribution in [0.2, 0.25) is 0 Å². The van der Waals surface area contributed by atoms with Gasteiger partial charge in [0, 0.05) is 53.2 Å². The second kappa shape index (κ2) is 7.77. The van der Waals surface area contributed by atoms with Crippen LogP contribution >= 0.6 is 23.4 Å². The van der Waals surface area contributed by atoms with E-state index in [2.05, 4.69) is 9.98 Å². The van der Waals surface area contributed by atoms with Gasteiger partial charge in [0.15, 0.2) is 5.50 Å². The summed E-state index contributed by atoms with van der Waals surface area (Å²) in [6.45, 7) is 3.63. The van der Waals surface area contributed by atoms with Gasteiger partial charge in [-0.05, 0) is 12.1 Å². The summed E-state index contributed by atoms with van der Waals surface area (Å²) in [4.78, 5) is 22.7. The van der Waals surface area contributed by atoms with Crippen LogP contribution in [0.15, 0.2) is 29.5 Å². The summed E-state index contributed by atoms with van der Waals surface area (Å²) in [7, 11) is 0.672. The van der Waals surface area contributed by atoms with Crippen molar-refractivity contribution >= 4 is 45.1 Å². The quantitative estimate of drug-likeness (QED) is 0.587. The topological polar surface area (TPSA) is 62.6 Å². The van der Waals surface area contributed by atoms with Crippen molar-refractivity contribution in [3.8, 4) is 0 Å². The third-order valence-electron chi connectivity index (χ3n) is 3.96. The molecule has 2 heterocycles. The number of alkyl halides is 1. The molecule has 8 heteroatoms. The Bertz CT molecular complexity index is 626. The number of rotatable bonds is 5. The molecule has 1 amide bonds. The van der Waals surface area contributed by atoms with E-state index in [1.807, 2.05) is 19.1 Å². The summed E-state index contributed by atoms with van der Waals surface area (Å²) in [5.74, 6) is -0.406. The number of hydrogen-bond acceptors (Lipinski definition) is 5. The summed E-state index contributed by atoms with van der Waals surface area (Å²) in [6, 6.07) is 3.75. The molecule has 0 saturated heterocycles. The van der Waals surface area contributed by atoms with Gasteiger partial charge >= 0.3 is 0 Å². The Morgan fingerprint density at radius 3 is 2.74 bits per heavy atom. The molecule has 0 aromatic carbocycles. The van der Waals surface area contributed by atoms with E-state index in [1.165, 1.54) is 11.8 Å². The van der Waals surface area contributed by atoms with Crippen molar-refractivity contribution in [3.63, 3.8) is 0 Å². The molecular weight excluding hydrogens is 354 g/mol. The highest BCUT2D eigenvalue weighted by molar-refractivity contribution is 8.15. The number of halogens is 1. The number of aliphatic imine (C=N–C) groups is 1. The van der Waals surface area contributed by atoms with Crippen LogP contribution in [0.1, 0.15) is 19.4 Å². The maximum Gasteiger partial charge on any atom is 0.227 e. The highest BCUT2D eigenvalue weighted by Gasteiger charge is 2.37. The fraction of sp³-hybridized carbons (Fsp3) is 0.533. The van der Waals surface area contributed by atoms with Gasteiger partial charge in [0.2, 0.25) is 5.91 Å². The van der Waals surface area contributed by atoms with Crippen LogP contribution in [0.25, 0.3) is 0 Å². The molecule has 5 unspecified atom stereocenters. The van der Waals surface area contributed by atoms with E-state index < -0.39 is 16.3 Å². The smallest absolute Gasteiger partial charge is 0.227 e. The summed E-state index contributed by atoms with van der Waals surface area (Å²) < 4.78 is 11.6. The highest BCUT2D eigenvalue weighted by atomic mass is 35.5. The SMILES string of the molecule is CC(C(=O)N(C)C1SC(c2cccnc2)=NC1Cl)C(C)S(C)=O. The van der Waals surface area contributed by atoms with Crippen LogP contribution in [-0.4, -0.2) is 54.5 Å². The van der Waals surface area contributed by atoms with Gasteiger partial charge in [-0.25, -0.2) is 0 Å². The Morgan fingerprint density at radius 2 is 2.17 bits per heavy atom. The number of nitrogens with zero attached hydrogens (tertiary/aromatic N) is 3. The average Bonchev–Trinajstić information content (AvgIpc) is 2.94. The summed E-state index contributed by atoms with van der Waals surface area (Å²) in [5.41, 5.74) is 0.376. The van der Waals surface area contributed by atoms with Gasteiger partial charge in [-0.15, -0.1) is 0 Å². The molecule has 0 spiro atoms. The van der Waals surface area contributed by atoms with Crippen LogP contribution in [0.4, 0.5) is 0 Å². The van der Waals surface area contributed by atoms with Crippen LogP contribution in [0.3, 0.4) is 0 Å². The second-order valence-corrected chi connectivity index (χ2v) is 8.79. The molecule has 0 aliphatic carbocycles. The zero-order valence-electron chi connectivity index (χ0n) is 13.5. The third kappa shape index (κ3) is 4.14. The molecule has 1 aromatic rings. The zero-order chi connectivity index (χ0) is 17.1. The Labute approximate surface area is 148 Å². The van der Waals surface area contributed by atoms with Crippen LogP contribution in [0.5, 0.6) is 0 Å². The minimum absolute atomic E-state index is 0.0708. The van der Waals surface area contributed by atoms with E-state index in [1.54, 1.807) is 37.5 Å². The molecule has 1 aromatic heterocycles. The molecule has 0 saturated carbocycles. The minimum atomic E-state index is -1.05. The number of thioether (sulfide) groups is 1. The van der Waals surface area contributed by atoms with Gasteiger partial charge in [-0.1, -0.05) is 37.2 Å². The summed E-state index contributed by atoms with van der Waals surface area (Å²) >= 11 is 7.78. The Balaban J connectivity index is 2.08. The highest BCUT2D eigenvalue weighted by Crippen LogP contribution is 2.34. The van der Waals surface area contributed by atoms with Gasteiger partial charge in [0.1, 0.15) is 10.4 Å². The van der Waals surface area contributed by atoms with Crippen LogP contribution < -0.4 is 0 Å². The summed E-state index contributed by atoms with van der Waals surface area (Å²) in [5, 5.41) is 0.297. The van der Waals surface area contributed by atoms with E-state index >= 15 is 0 Å². The molecule has 1 aliphatic heterocycles. The first-order valence-electron chi connectivity index (χ1n) is 7.20. The standard InChI is InChI=1S/C15H20ClN3O2S2/c1-9(10(2)23(4)21)14(20)19(3)15-12(16)18-13(22-15)11-6-5-7-17-8-11/h5-10,12,15H,1-4H3. The lowest BCUT2D eigenvalue weighted by molar-refractivity contribution is -0.134. The van der Waals surface area contributed by atoms with Gasteiger partial charge < -0.3 is 4.90 Å². The molecule has 23 heavy (non-hydrogen) atoms. The molecule has 126 valence electrons. The largest absolute Gasteiger partial charge is 0.330 e. The third-order valence-corrected chi connectivity index (χ3v) is 7.28. The summed E-state index contributed by atoms with van der Waals surface area (Å²) in [6.07, 6.45) is 5.04. The van der Waals surface area contributed by atoms with E-state index in [4.69, 9.17) is 11.6 Å². The Morgan fingerprint density at radius 1 is 1.48 bits per heavy atom. The first kappa shape index (κ1) is 18.4. The van der Waals surface area contributed by atoms with E-state index in [0.717, 1.165) is 10.6 Å². The number of likely N-dealkylation sites (N-methyl/N-ethyl adjacent to an activating group) is 1. The van der Waals surface area contributed by atoms with Gasteiger partial charge in [0.25, 0.3) is 0 Å². The normalized spacial score (nSPS) is 24.7. The Kier molecular flexibility index (Phi) is 6.22. The van der Waals surface area contributed by atoms with E-state index in [0.29, 0.717) is 0 Å². The average molecular weight is 374 g/mol. The van der Waals surface area contributed by atoms with Crippen molar-refractivity contribution in [3.05, 3.63) is 30.1 Å². The number of hydrogen-bond donors (Lipinski definition) is 0. The van der Waals surface area contributed by atoms with E-state index in [9.17, 15) is 9.00 Å². The minimum Gasteiger partial charge on any atom is -0.330 e. The molecule has 2 rings (SSSR count). The van der Waals surface area contributed by atoms with Crippen molar-refractivity contribution in [2.45, 2.75) is 30.0 Å². The van der Waals surface area contributed by atoms with Crippen LogP contribution in [0, 0.1) is 5.92 Å². The van der Waals surface area contributed by atoms with Crippen molar-refractivity contribution in [1.29, 1.82) is 0 Å². The second-order valence-electron chi connectivity index (χ2n) is 5.50. The molecule has 0 bridgehead atoms. The van der Waals surface area contributed by atoms with Crippen molar-refractivity contribution in [2.75, 3.05) is 13.3 Å². The van der Waals surface area contributed by atoms with Crippen molar-refractivity contribution in [1.82, 2.24) is 9.88 Å². The van der Waals surface area contributed by atoms with Gasteiger partial charge in [-0.3, -0.25) is 19.0 Å². The predicted molar refractivity (Wildman–Crippen MR) is 97.3 cm³/mol. The Hall–Kier alpha value is -0.920. The lowest BCUT2D eigenvalue weighted by atomic mass is 10.1. The van der Waals surface area contributed by atoms with Gasteiger partial charge in [-0.2, -0.15) is 0 Å². The molecule has 1 aliphatic rings. The molecule has 0 radical (unpaired) electrons. The lowest BCUT2D eigenvalue weighted by Gasteiger charge is -2.29. The molecule has 5 nitrogen and oxygen atoms in total. The first-order chi connectivity index (χ1) is 10.8. The maximum atomic E-state index is 12.6. The molecule has 5 atom stereocenters. The number of carbonyl (C=O) groups is 1. The molecule has 0 N–H and O–H groups in total. The zero-order valence-corrected chi connectivity index (χ0v) is 15.9. The van der Waals surface area contributed by atoms with Crippen LogP contribution in [-0.2, 0) is 15.6 Å². The monoisotopic (exact) mass is 373 g/mol. The lowest BCUT2D eigenvalue weighted by Crippen LogP contribution is -2.44. The fourth-order valence-corrected chi connectivity index (χ4v) is 4.47. The van der Waals surface area contributed by atoms with Crippen molar-refractivity contribution in [2.24, 2.45) is 10.9 Å². The predicted octanol–water partition coefficient (Wildman–Crippen LogP) is 2.33. The molecule has 0 fully saturated rings. The van der Waals surface area contributed by atoms with Crippen molar-refractivity contribution < 1.29 is 9.00 Å². The van der Waals surface area contributed by atoms with Gasteiger partial charge in [0.05, 0.1) is 0 Å². The van der Waals surface area contributed by atoms with E-state index in [-0.39, 0.29) is 22.4 Å².